The average molecular weight is 286 g/mol. The minimum absolute atomic E-state index is 0.296. The van der Waals surface area contributed by atoms with Crippen LogP contribution in [-0.4, -0.2) is 23.3 Å². The van der Waals surface area contributed by atoms with E-state index in [1.807, 2.05) is 24.3 Å². The van der Waals surface area contributed by atoms with Crippen LogP contribution < -0.4 is 20.1 Å². The Kier molecular flexibility index (Phi) is 4.04. The first-order chi connectivity index (χ1) is 10.3. The zero-order valence-electron chi connectivity index (χ0n) is 11.9. The van der Waals surface area contributed by atoms with E-state index in [1.165, 1.54) is 0 Å². The van der Waals surface area contributed by atoms with Gasteiger partial charge in [-0.2, -0.15) is 4.98 Å². The molecule has 2 heterocycles. The Morgan fingerprint density at radius 2 is 2.05 bits per heavy atom. The molecule has 0 bridgehead atoms. The van der Waals surface area contributed by atoms with Crippen LogP contribution in [0, 0.1) is 0 Å². The molecule has 21 heavy (non-hydrogen) atoms. The van der Waals surface area contributed by atoms with Gasteiger partial charge in [0.25, 0.3) is 0 Å². The highest BCUT2D eigenvalue weighted by molar-refractivity contribution is 5.46. The van der Waals surface area contributed by atoms with Crippen molar-refractivity contribution in [2.45, 2.75) is 19.9 Å². The SMILES string of the molecule is CCCNc1nccc(NCc2ccc3c(c2)OCO3)n1. The van der Waals surface area contributed by atoms with Gasteiger partial charge >= 0.3 is 0 Å². The van der Waals surface area contributed by atoms with Crippen LogP contribution in [0.3, 0.4) is 0 Å². The first kappa shape index (κ1) is 13.5. The van der Waals surface area contributed by atoms with Crippen molar-refractivity contribution < 1.29 is 9.47 Å². The largest absolute Gasteiger partial charge is 0.454 e. The number of hydrogen-bond acceptors (Lipinski definition) is 6. The van der Waals surface area contributed by atoms with Gasteiger partial charge in [-0.25, -0.2) is 4.98 Å². The van der Waals surface area contributed by atoms with Crippen LogP contribution in [0.2, 0.25) is 0 Å². The fourth-order valence-electron chi connectivity index (χ4n) is 2.02. The summed E-state index contributed by atoms with van der Waals surface area (Å²) >= 11 is 0. The monoisotopic (exact) mass is 286 g/mol. The van der Waals surface area contributed by atoms with E-state index in [0.29, 0.717) is 19.3 Å². The van der Waals surface area contributed by atoms with Crippen molar-refractivity contribution in [1.29, 1.82) is 0 Å². The molecule has 110 valence electrons. The summed E-state index contributed by atoms with van der Waals surface area (Å²) in [5.74, 6) is 3.03. The van der Waals surface area contributed by atoms with Crippen LogP contribution in [0.5, 0.6) is 11.5 Å². The van der Waals surface area contributed by atoms with E-state index in [1.54, 1.807) is 6.20 Å². The highest BCUT2D eigenvalue weighted by atomic mass is 16.7. The Balaban J connectivity index is 1.62. The van der Waals surface area contributed by atoms with E-state index >= 15 is 0 Å². The van der Waals surface area contributed by atoms with Gasteiger partial charge in [0.15, 0.2) is 11.5 Å². The summed E-state index contributed by atoms with van der Waals surface area (Å²) in [5, 5.41) is 6.45. The molecule has 2 N–H and O–H groups in total. The predicted molar refractivity (Wildman–Crippen MR) is 80.7 cm³/mol. The van der Waals surface area contributed by atoms with E-state index in [2.05, 4.69) is 27.5 Å². The Morgan fingerprint density at radius 1 is 1.14 bits per heavy atom. The first-order valence-corrected chi connectivity index (χ1v) is 7.04. The summed E-state index contributed by atoms with van der Waals surface area (Å²) in [4.78, 5) is 8.59. The summed E-state index contributed by atoms with van der Waals surface area (Å²) in [5.41, 5.74) is 1.11. The second-order valence-corrected chi connectivity index (χ2v) is 4.73. The molecular weight excluding hydrogens is 268 g/mol. The quantitative estimate of drug-likeness (QED) is 0.851. The Labute approximate surface area is 123 Å². The molecule has 0 saturated carbocycles. The molecule has 0 spiro atoms. The van der Waals surface area contributed by atoms with Crippen LogP contribution >= 0.6 is 0 Å². The zero-order chi connectivity index (χ0) is 14.5. The molecule has 0 unspecified atom stereocenters. The number of nitrogens with one attached hydrogen (secondary N) is 2. The molecule has 0 saturated heterocycles. The van der Waals surface area contributed by atoms with Gasteiger partial charge in [-0.3, -0.25) is 0 Å². The van der Waals surface area contributed by atoms with Gasteiger partial charge in [0.05, 0.1) is 0 Å². The molecule has 0 amide bonds. The van der Waals surface area contributed by atoms with Crippen molar-refractivity contribution in [1.82, 2.24) is 9.97 Å². The number of aromatic nitrogens is 2. The van der Waals surface area contributed by atoms with Crippen molar-refractivity contribution in [3.8, 4) is 11.5 Å². The molecule has 0 aliphatic carbocycles. The third kappa shape index (κ3) is 3.34. The van der Waals surface area contributed by atoms with Gasteiger partial charge in [0, 0.05) is 19.3 Å². The molecule has 0 atom stereocenters. The lowest BCUT2D eigenvalue weighted by atomic mass is 10.2. The molecule has 0 radical (unpaired) electrons. The molecule has 1 aromatic carbocycles. The Hall–Kier alpha value is -2.50. The van der Waals surface area contributed by atoms with Crippen molar-refractivity contribution in [2.75, 3.05) is 24.0 Å². The van der Waals surface area contributed by atoms with Crippen LogP contribution in [0.15, 0.2) is 30.5 Å². The van der Waals surface area contributed by atoms with E-state index in [4.69, 9.17) is 9.47 Å². The van der Waals surface area contributed by atoms with Crippen molar-refractivity contribution >= 4 is 11.8 Å². The topological polar surface area (TPSA) is 68.3 Å². The third-order valence-electron chi connectivity index (χ3n) is 3.10. The minimum Gasteiger partial charge on any atom is -0.454 e. The maximum absolute atomic E-state index is 5.37. The number of rotatable bonds is 6. The molecular formula is C15H18N4O2. The number of anilines is 2. The van der Waals surface area contributed by atoms with Crippen LogP contribution in [0.1, 0.15) is 18.9 Å². The second kappa shape index (κ2) is 6.30. The average Bonchev–Trinajstić information content (AvgIpc) is 2.99. The van der Waals surface area contributed by atoms with Crippen LogP contribution in [0.25, 0.3) is 0 Å². The van der Waals surface area contributed by atoms with Gasteiger partial charge < -0.3 is 20.1 Å². The van der Waals surface area contributed by atoms with E-state index in [9.17, 15) is 0 Å². The number of nitrogens with zero attached hydrogens (tertiary/aromatic N) is 2. The predicted octanol–water partition coefficient (Wildman–Crippen LogP) is 2.64. The maximum atomic E-state index is 5.37. The van der Waals surface area contributed by atoms with Gasteiger partial charge in [0.1, 0.15) is 5.82 Å². The summed E-state index contributed by atoms with van der Waals surface area (Å²) in [6.45, 7) is 3.94. The lowest BCUT2D eigenvalue weighted by molar-refractivity contribution is 0.174. The summed E-state index contributed by atoms with van der Waals surface area (Å²) < 4.78 is 10.7. The maximum Gasteiger partial charge on any atom is 0.231 e. The van der Waals surface area contributed by atoms with Gasteiger partial charge in [-0.15, -0.1) is 0 Å². The molecule has 1 aromatic heterocycles. The number of fused-ring (bicyclic) bond motifs is 1. The van der Waals surface area contributed by atoms with Gasteiger partial charge in [-0.05, 0) is 30.2 Å². The number of benzene rings is 1. The second-order valence-electron chi connectivity index (χ2n) is 4.73. The van der Waals surface area contributed by atoms with Gasteiger partial charge in [-0.1, -0.05) is 13.0 Å². The lowest BCUT2D eigenvalue weighted by Crippen LogP contribution is -2.07. The summed E-state index contributed by atoms with van der Waals surface area (Å²) in [7, 11) is 0. The smallest absolute Gasteiger partial charge is 0.231 e. The molecule has 0 fully saturated rings. The number of hydrogen-bond donors (Lipinski definition) is 2. The molecule has 3 rings (SSSR count). The van der Waals surface area contributed by atoms with E-state index < -0.39 is 0 Å². The third-order valence-corrected chi connectivity index (χ3v) is 3.10. The standard InChI is InChI=1S/C15H18N4O2/c1-2-6-16-15-17-7-5-14(19-15)18-9-11-3-4-12-13(8-11)21-10-20-12/h3-5,7-8H,2,6,9-10H2,1H3,(H2,16,17,18,19). The minimum atomic E-state index is 0.296. The Morgan fingerprint density at radius 3 is 2.95 bits per heavy atom. The van der Waals surface area contributed by atoms with Crippen molar-refractivity contribution in [3.63, 3.8) is 0 Å². The molecule has 6 nitrogen and oxygen atoms in total. The molecule has 2 aromatic rings. The fourth-order valence-corrected chi connectivity index (χ4v) is 2.02. The normalized spacial score (nSPS) is 12.2. The first-order valence-electron chi connectivity index (χ1n) is 7.04. The molecule has 1 aliphatic heterocycles. The Bertz CT molecular complexity index is 618. The fraction of sp³-hybridized carbons (Fsp3) is 0.333. The highest BCUT2D eigenvalue weighted by Gasteiger charge is 2.12. The van der Waals surface area contributed by atoms with Gasteiger partial charge in [0.2, 0.25) is 12.7 Å². The van der Waals surface area contributed by atoms with Crippen molar-refractivity contribution in [2.24, 2.45) is 0 Å². The molecule has 6 heteroatoms. The summed E-state index contributed by atoms with van der Waals surface area (Å²) in [6.07, 6.45) is 2.78. The number of ether oxygens (including phenoxy) is 2. The lowest BCUT2D eigenvalue weighted by Gasteiger charge is -2.08. The van der Waals surface area contributed by atoms with E-state index in [0.717, 1.165) is 35.8 Å². The molecule has 1 aliphatic rings. The van der Waals surface area contributed by atoms with Crippen molar-refractivity contribution in [3.05, 3.63) is 36.0 Å². The van der Waals surface area contributed by atoms with E-state index in [-0.39, 0.29) is 0 Å². The van der Waals surface area contributed by atoms with Crippen LogP contribution in [-0.2, 0) is 6.54 Å². The van der Waals surface area contributed by atoms with Crippen LogP contribution in [0.4, 0.5) is 11.8 Å². The highest BCUT2D eigenvalue weighted by Crippen LogP contribution is 2.32. The zero-order valence-corrected chi connectivity index (χ0v) is 11.9. The summed E-state index contributed by atoms with van der Waals surface area (Å²) in [6, 6.07) is 7.77.